The lowest BCUT2D eigenvalue weighted by Gasteiger charge is -2.32. The van der Waals surface area contributed by atoms with Gasteiger partial charge in [0.15, 0.2) is 13.9 Å². The second-order valence-electron chi connectivity index (χ2n) is 11.7. The van der Waals surface area contributed by atoms with Gasteiger partial charge in [-0.1, -0.05) is 30.7 Å². The molecule has 0 saturated carbocycles. The molecule has 210 valence electrons. The summed E-state index contributed by atoms with van der Waals surface area (Å²) in [6, 6.07) is 13.0. The van der Waals surface area contributed by atoms with Gasteiger partial charge in [-0.25, -0.2) is 0 Å². The first-order valence-electron chi connectivity index (χ1n) is 13.8. The number of fused-ring (bicyclic) bond motifs is 2. The van der Waals surface area contributed by atoms with Gasteiger partial charge in [0.2, 0.25) is 5.91 Å². The van der Waals surface area contributed by atoms with E-state index < -0.39 is 20.0 Å². The Morgan fingerprint density at radius 2 is 2.08 bits per heavy atom. The summed E-state index contributed by atoms with van der Waals surface area (Å²) in [6.45, 7) is 7.51. The number of hydrogen-bond acceptors (Lipinski definition) is 6. The summed E-state index contributed by atoms with van der Waals surface area (Å²) in [5.41, 5.74) is 1.45. The largest absolute Gasteiger partial charge is 0.432 e. The Bertz CT molecular complexity index is 1250. The Morgan fingerprint density at radius 1 is 1.28 bits per heavy atom. The molecule has 0 aromatic heterocycles. The minimum Gasteiger partial charge on any atom is -0.432 e. The molecule has 4 N–H and O–H groups in total. The normalized spacial score (nSPS) is 28.7. The van der Waals surface area contributed by atoms with E-state index in [-0.39, 0.29) is 42.3 Å². The highest BCUT2D eigenvalue weighted by Gasteiger charge is 2.66. The van der Waals surface area contributed by atoms with Crippen LogP contribution in [0.2, 0.25) is 23.7 Å². The van der Waals surface area contributed by atoms with Crippen LogP contribution in [-0.2, 0) is 26.5 Å². The molecule has 5 rings (SSSR count). The molecular formula is C29H38ClN3O5Si. The van der Waals surface area contributed by atoms with Crippen molar-refractivity contribution in [2.24, 2.45) is 11.8 Å². The zero-order valence-electron chi connectivity index (χ0n) is 22.7. The lowest BCUT2D eigenvalue weighted by atomic mass is 9.82. The average Bonchev–Trinajstić information content (AvgIpc) is 3.31. The third kappa shape index (κ3) is 5.16. The van der Waals surface area contributed by atoms with Crippen LogP contribution in [0.15, 0.2) is 42.5 Å². The van der Waals surface area contributed by atoms with Crippen LogP contribution in [0.5, 0.6) is 0 Å². The third-order valence-electron chi connectivity index (χ3n) is 8.56. The predicted octanol–water partition coefficient (Wildman–Crippen LogP) is 4.01. The highest BCUT2D eigenvalue weighted by atomic mass is 35.5. The fourth-order valence-electron chi connectivity index (χ4n) is 6.85. The number of aliphatic hydroxyl groups excluding tert-OH is 1. The molecule has 0 aliphatic carbocycles. The van der Waals surface area contributed by atoms with E-state index in [2.05, 4.69) is 10.6 Å². The zero-order valence-corrected chi connectivity index (χ0v) is 24.5. The summed E-state index contributed by atoms with van der Waals surface area (Å²) in [5, 5.41) is 16.6. The van der Waals surface area contributed by atoms with Gasteiger partial charge in [0.1, 0.15) is 0 Å². The Morgan fingerprint density at radius 3 is 2.77 bits per heavy atom. The van der Waals surface area contributed by atoms with Crippen molar-refractivity contribution in [3.63, 3.8) is 0 Å². The fourth-order valence-corrected chi connectivity index (χ4v) is 9.63. The molecule has 2 amide bonds. The van der Waals surface area contributed by atoms with Crippen LogP contribution in [0, 0.1) is 11.8 Å². The van der Waals surface area contributed by atoms with Crippen LogP contribution in [0.4, 0.5) is 11.4 Å². The van der Waals surface area contributed by atoms with Crippen molar-refractivity contribution in [3.8, 4) is 0 Å². The molecule has 0 bridgehead atoms. The fraction of sp³-hybridized carbons (Fsp3) is 0.517. The number of aliphatic hydroxyl groups is 1. The molecule has 1 unspecified atom stereocenters. The number of ether oxygens (including phenoxy) is 1. The van der Waals surface area contributed by atoms with E-state index in [1.54, 1.807) is 17.0 Å². The molecule has 8 nitrogen and oxygen atoms in total. The number of carbonyl (C=O) groups excluding carboxylic acids is 2. The van der Waals surface area contributed by atoms with Gasteiger partial charge in [-0.3, -0.25) is 9.59 Å². The van der Waals surface area contributed by atoms with E-state index >= 15 is 0 Å². The van der Waals surface area contributed by atoms with Gasteiger partial charge in [0.05, 0.1) is 24.3 Å². The van der Waals surface area contributed by atoms with Crippen molar-refractivity contribution < 1.29 is 24.2 Å². The van der Waals surface area contributed by atoms with E-state index in [0.717, 1.165) is 30.6 Å². The van der Waals surface area contributed by atoms with E-state index in [9.17, 15) is 19.5 Å². The summed E-state index contributed by atoms with van der Waals surface area (Å²) in [6.07, 6.45) is 1.75. The molecule has 2 aromatic carbocycles. The number of benzene rings is 2. The van der Waals surface area contributed by atoms with Gasteiger partial charge in [0, 0.05) is 40.9 Å². The standard InChI is InChI=1S/C29H38ClN3O5Si/c1-18-26(39(2,3)37)25(11-13-34)38-29(18)23-15-21(30)9-10-24(23)33(28(29)36)17-19-6-4-8-22(14-19)32-27(35)20-7-5-12-31-16-20/h4,6,8-10,14-15,18,20,25-26,31,34,37H,5,7,11-13,16-17H2,1-3H3,(H,32,35)/t18-,20?,25+,26-,29+/m0/s1. The minimum atomic E-state index is -2.76. The number of piperidine rings is 1. The molecule has 2 aromatic rings. The van der Waals surface area contributed by atoms with Crippen LogP contribution in [0.3, 0.4) is 0 Å². The number of nitrogens with zero attached hydrogens (tertiary/aromatic N) is 1. The summed E-state index contributed by atoms with van der Waals surface area (Å²) in [7, 11) is -2.76. The van der Waals surface area contributed by atoms with E-state index in [1.807, 2.05) is 50.3 Å². The number of nitrogens with one attached hydrogen (secondary N) is 2. The van der Waals surface area contributed by atoms with Gasteiger partial charge >= 0.3 is 0 Å². The maximum absolute atomic E-state index is 14.4. The van der Waals surface area contributed by atoms with Crippen molar-refractivity contribution >= 4 is 43.1 Å². The van der Waals surface area contributed by atoms with E-state index in [0.29, 0.717) is 29.2 Å². The number of carbonyl (C=O) groups is 2. The summed E-state index contributed by atoms with van der Waals surface area (Å²) >= 11 is 6.43. The maximum Gasteiger partial charge on any atom is 0.264 e. The summed E-state index contributed by atoms with van der Waals surface area (Å²) < 4.78 is 6.61. The van der Waals surface area contributed by atoms with Crippen LogP contribution in [0.1, 0.15) is 37.3 Å². The quantitative estimate of drug-likeness (QED) is 0.374. The van der Waals surface area contributed by atoms with E-state index in [1.165, 1.54) is 0 Å². The first-order chi connectivity index (χ1) is 18.6. The second kappa shape index (κ2) is 11.0. The molecule has 1 spiro atoms. The lowest BCUT2D eigenvalue weighted by molar-refractivity contribution is -0.146. The van der Waals surface area contributed by atoms with Gasteiger partial charge in [-0.15, -0.1) is 0 Å². The predicted molar refractivity (Wildman–Crippen MR) is 154 cm³/mol. The minimum absolute atomic E-state index is 0.000437. The first-order valence-corrected chi connectivity index (χ1v) is 17.2. The summed E-state index contributed by atoms with van der Waals surface area (Å²) in [5.74, 6) is -0.566. The molecule has 0 radical (unpaired) electrons. The molecule has 10 heteroatoms. The molecule has 3 aliphatic rings. The molecule has 39 heavy (non-hydrogen) atoms. The van der Waals surface area contributed by atoms with Crippen LogP contribution >= 0.6 is 11.6 Å². The second-order valence-corrected chi connectivity index (χ2v) is 16.1. The van der Waals surface area contributed by atoms with Crippen molar-refractivity contribution in [3.05, 3.63) is 58.6 Å². The topological polar surface area (TPSA) is 111 Å². The molecule has 2 saturated heterocycles. The highest BCUT2D eigenvalue weighted by molar-refractivity contribution is 6.71. The van der Waals surface area contributed by atoms with Crippen molar-refractivity contribution in [1.82, 2.24) is 5.32 Å². The van der Waals surface area contributed by atoms with Crippen LogP contribution in [0.25, 0.3) is 0 Å². The number of halogens is 1. The maximum atomic E-state index is 14.4. The number of hydrogen-bond donors (Lipinski definition) is 4. The average molecular weight is 572 g/mol. The number of rotatable bonds is 7. The zero-order chi connectivity index (χ0) is 27.9. The third-order valence-corrected chi connectivity index (χ3v) is 11.3. The Hall–Kier alpha value is -2.27. The summed E-state index contributed by atoms with van der Waals surface area (Å²) in [4.78, 5) is 40.1. The highest BCUT2D eigenvalue weighted by Crippen LogP contribution is 2.60. The molecule has 5 atom stereocenters. The smallest absolute Gasteiger partial charge is 0.264 e. The molecule has 2 fully saturated rings. The van der Waals surface area contributed by atoms with Crippen molar-refractivity contribution in [2.45, 2.75) is 63.1 Å². The molecular weight excluding hydrogens is 534 g/mol. The Balaban J connectivity index is 1.45. The number of amides is 2. The SMILES string of the molecule is C[C@H]1[C@H]([Si](C)(C)O)[C@@H](CCO)O[C@]12C(=O)N(Cc1cccc(NC(=O)C3CCCNC3)c1)c1ccc(Cl)cc12. The van der Waals surface area contributed by atoms with Gasteiger partial charge in [0.25, 0.3) is 5.91 Å². The van der Waals surface area contributed by atoms with Crippen LogP contribution in [-0.4, -0.2) is 55.8 Å². The van der Waals surface area contributed by atoms with Crippen molar-refractivity contribution in [1.29, 1.82) is 0 Å². The molecule has 3 aliphatic heterocycles. The first kappa shape index (κ1) is 28.3. The Labute approximate surface area is 235 Å². The monoisotopic (exact) mass is 571 g/mol. The van der Waals surface area contributed by atoms with Crippen molar-refractivity contribution in [2.75, 3.05) is 29.9 Å². The van der Waals surface area contributed by atoms with Crippen LogP contribution < -0.4 is 15.5 Å². The van der Waals surface area contributed by atoms with Gasteiger partial charge in [-0.05, 0) is 74.8 Å². The van der Waals surface area contributed by atoms with Gasteiger partial charge in [-0.2, -0.15) is 0 Å². The number of anilines is 2. The lowest BCUT2D eigenvalue weighted by Crippen LogP contribution is -2.46. The van der Waals surface area contributed by atoms with Gasteiger partial charge < -0.3 is 30.2 Å². The van der Waals surface area contributed by atoms with E-state index in [4.69, 9.17) is 16.3 Å². The Kier molecular flexibility index (Phi) is 7.94. The molecule has 3 heterocycles.